The lowest BCUT2D eigenvalue weighted by atomic mass is 10.0. The van der Waals surface area contributed by atoms with E-state index in [1.807, 2.05) is 0 Å². The van der Waals surface area contributed by atoms with Crippen LogP contribution in [0, 0.1) is 6.92 Å². The molecule has 0 radical (unpaired) electrons. The molecule has 0 bridgehead atoms. The van der Waals surface area contributed by atoms with Gasteiger partial charge in [-0.1, -0.05) is 0 Å². The Morgan fingerprint density at radius 3 is 2.84 bits per heavy atom. The smallest absolute Gasteiger partial charge is 0.340 e. The van der Waals surface area contributed by atoms with Crippen LogP contribution in [0.3, 0.4) is 0 Å². The van der Waals surface area contributed by atoms with Crippen LogP contribution in [0.4, 0.5) is 0 Å². The lowest BCUT2D eigenvalue weighted by molar-refractivity contribution is -0.148. The van der Waals surface area contributed by atoms with Gasteiger partial charge in [-0.3, -0.25) is 4.79 Å². The summed E-state index contributed by atoms with van der Waals surface area (Å²) in [6.07, 6.45) is 0.917. The van der Waals surface area contributed by atoms with Gasteiger partial charge in [0.05, 0.1) is 19.1 Å². The molecule has 7 nitrogen and oxygen atoms in total. The zero-order valence-electron chi connectivity index (χ0n) is 14.1. The molecule has 1 aliphatic heterocycles. The Bertz CT molecular complexity index is 900. The van der Waals surface area contributed by atoms with Crippen molar-refractivity contribution in [2.75, 3.05) is 13.7 Å². The fourth-order valence-corrected chi connectivity index (χ4v) is 3.28. The number of hydrogen-bond acceptors (Lipinski definition) is 5. The van der Waals surface area contributed by atoms with Crippen LogP contribution in [0.25, 0.3) is 11.0 Å². The normalized spacial score (nSPS) is 17.0. The number of likely N-dealkylation sites (tertiary alicyclic amines) is 1. The van der Waals surface area contributed by atoms with Crippen LogP contribution >= 0.6 is 0 Å². The summed E-state index contributed by atoms with van der Waals surface area (Å²) in [6.45, 7) is 2.15. The minimum absolute atomic E-state index is 0.167. The zero-order valence-corrected chi connectivity index (χ0v) is 14.1. The molecule has 0 aliphatic carbocycles. The summed E-state index contributed by atoms with van der Waals surface area (Å²) >= 11 is 0. The van der Waals surface area contributed by atoms with Crippen molar-refractivity contribution in [2.45, 2.75) is 32.2 Å². The van der Waals surface area contributed by atoms with Gasteiger partial charge in [0.15, 0.2) is 0 Å². The average Bonchev–Trinajstić information content (AvgIpc) is 3.08. The van der Waals surface area contributed by atoms with E-state index in [1.165, 1.54) is 12.0 Å². The second-order valence-corrected chi connectivity index (χ2v) is 6.12. The Morgan fingerprint density at radius 2 is 2.16 bits per heavy atom. The predicted molar refractivity (Wildman–Crippen MR) is 89.8 cm³/mol. The Morgan fingerprint density at radius 1 is 1.40 bits per heavy atom. The van der Waals surface area contributed by atoms with Crippen molar-refractivity contribution in [1.29, 1.82) is 0 Å². The van der Waals surface area contributed by atoms with Crippen molar-refractivity contribution >= 4 is 22.8 Å². The van der Waals surface area contributed by atoms with Crippen LogP contribution in [-0.4, -0.2) is 41.6 Å². The molecule has 0 spiro atoms. The molecule has 1 N–H and O–H groups in total. The number of carbonyl (C=O) groups excluding carboxylic acids is 1. The first-order valence-corrected chi connectivity index (χ1v) is 8.05. The Labute approximate surface area is 143 Å². The molecular weight excluding hydrogens is 326 g/mol. The molecule has 132 valence electrons. The van der Waals surface area contributed by atoms with Gasteiger partial charge in [-0.2, -0.15) is 0 Å². The summed E-state index contributed by atoms with van der Waals surface area (Å²) in [4.78, 5) is 37.4. The summed E-state index contributed by atoms with van der Waals surface area (Å²) in [5.41, 5.74) is 0.729. The highest BCUT2D eigenvalue weighted by molar-refractivity contribution is 5.88. The molecule has 3 rings (SSSR count). The van der Waals surface area contributed by atoms with E-state index in [4.69, 9.17) is 9.15 Å². The average molecular weight is 345 g/mol. The van der Waals surface area contributed by atoms with E-state index in [2.05, 4.69) is 0 Å². The van der Waals surface area contributed by atoms with E-state index in [-0.39, 0.29) is 17.9 Å². The maximum atomic E-state index is 12.5. The van der Waals surface area contributed by atoms with E-state index >= 15 is 0 Å². The van der Waals surface area contributed by atoms with Gasteiger partial charge >= 0.3 is 11.6 Å². The zero-order chi connectivity index (χ0) is 18.1. The third-order valence-corrected chi connectivity index (χ3v) is 4.68. The lowest BCUT2D eigenvalue weighted by Gasteiger charge is -2.21. The number of fused-ring (bicyclic) bond motifs is 1. The summed E-state index contributed by atoms with van der Waals surface area (Å²) < 4.78 is 10.5. The van der Waals surface area contributed by atoms with Gasteiger partial charge in [0.2, 0.25) is 5.91 Å². The number of amides is 1. The van der Waals surface area contributed by atoms with Crippen molar-refractivity contribution in [1.82, 2.24) is 4.90 Å². The second kappa shape index (κ2) is 6.58. The summed E-state index contributed by atoms with van der Waals surface area (Å²) in [6, 6.07) is 4.33. The van der Waals surface area contributed by atoms with E-state index in [1.54, 1.807) is 25.1 Å². The third-order valence-electron chi connectivity index (χ3n) is 4.68. The predicted octanol–water partition coefficient (Wildman–Crippen LogP) is 1.73. The van der Waals surface area contributed by atoms with E-state index in [9.17, 15) is 19.5 Å². The Balaban J connectivity index is 1.95. The largest absolute Gasteiger partial charge is 0.497 e. The molecule has 2 heterocycles. The van der Waals surface area contributed by atoms with E-state index in [0.717, 1.165) is 5.39 Å². The van der Waals surface area contributed by atoms with E-state index < -0.39 is 17.6 Å². The van der Waals surface area contributed by atoms with Gasteiger partial charge in [0, 0.05) is 18.0 Å². The number of nitrogens with zero attached hydrogens (tertiary/aromatic N) is 1. The molecule has 2 aromatic rings. The molecule has 1 amide bonds. The quantitative estimate of drug-likeness (QED) is 0.848. The van der Waals surface area contributed by atoms with Gasteiger partial charge in [0.1, 0.15) is 17.4 Å². The molecule has 0 saturated carbocycles. The second-order valence-electron chi connectivity index (χ2n) is 6.12. The minimum atomic E-state index is -1.01. The number of carboxylic acids is 1. The number of aryl methyl sites for hydroxylation is 1. The van der Waals surface area contributed by atoms with Crippen LogP contribution in [0.1, 0.15) is 24.0 Å². The van der Waals surface area contributed by atoms with Crippen LogP contribution in [0.5, 0.6) is 5.75 Å². The first-order valence-electron chi connectivity index (χ1n) is 8.05. The van der Waals surface area contributed by atoms with Crippen molar-refractivity contribution in [2.24, 2.45) is 0 Å². The molecule has 1 atom stereocenters. The highest BCUT2D eigenvalue weighted by Crippen LogP contribution is 2.25. The number of methoxy groups -OCH3 is 1. The fraction of sp³-hybridized carbons (Fsp3) is 0.389. The van der Waals surface area contributed by atoms with Crippen LogP contribution in [0.2, 0.25) is 0 Å². The number of hydrogen-bond donors (Lipinski definition) is 1. The van der Waals surface area contributed by atoms with Crippen molar-refractivity contribution in [3.05, 3.63) is 39.7 Å². The molecule has 25 heavy (non-hydrogen) atoms. The molecule has 1 aromatic heterocycles. The molecule has 1 aliphatic rings. The highest BCUT2D eigenvalue weighted by Gasteiger charge is 2.34. The molecule has 7 heteroatoms. The van der Waals surface area contributed by atoms with Crippen LogP contribution < -0.4 is 10.4 Å². The monoisotopic (exact) mass is 345 g/mol. The lowest BCUT2D eigenvalue weighted by Crippen LogP contribution is -2.41. The van der Waals surface area contributed by atoms with Crippen LogP contribution in [0.15, 0.2) is 27.4 Å². The standard InChI is InChI=1S/C18H19NO6/c1-10-12-6-5-11(24-2)8-15(12)25-18(23)13(10)9-16(20)19-7-3-4-14(19)17(21)22/h5-6,8,14H,3-4,7,9H2,1-2H3,(H,21,22)/t14-/m0/s1. The van der Waals surface area contributed by atoms with Gasteiger partial charge in [-0.15, -0.1) is 0 Å². The number of ether oxygens (including phenoxy) is 1. The fourth-order valence-electron chi connectivity index (χ4n) is 3.28. The first-order chi connectivity index (χ1) is 11.9. The minimum Gasteiger partial charge on any atom is -0.497 e. The van der Waals surface area contributed by atoms with Gasteiger partial charge < -0.3 is 19.2 Å². The molecule has 1 fully saturated rings. The van der Waals surface area contributed by atoms with Gasteiger partial charge in [-0.05, 0) is 37.5 Å². The Hall–Kier alpha value is -2.83. The summed E-state index contributed by atoms with van der Waals surface area (Å²) in [5.74, 6) is -0.811. The third kappa shape index (κ3) is 3.09. The summed E-state index contributed by atoms with van der Waals surface area (Å²) in [7, 11) is 1.52. The highest BCUT2D eigenvalue weighted by atomic mass is 16.5. The van der Waals surface area contributed by atoms with Gasteiger partial charge in [-0.25, -0.2) is 9.59 Å². The van der Waals surface area contributed by atoms with Crippen LogP contribution in [-0.2, 0) is 16.0 Å². The van der Waals surface area contributed by atoms with Crippen molar-refractivity contribution in [3.8, 4) is 5.75 Å². The number of carbonyl (C=O) groups is 2. The SMILES string of the molecule is COc1ccc2c(C)c(CC(=O)N3CCC[C@H]3C(=O)O)c(=O)oc2c1. The molecule has 1 saturated heterocycles. The number of rotatable bonds is 4. The van der Waals surface area contributed by atoms with Crippen molar-refractivity contribution < 1.29 is 23.8 Å². The number of carboxylic acid groups (broad SMARTS) is 1. The van der Waals surface area contributed by atoms with Crippen molar-refractivity contribution in [3.63, 3.8) is 0 Å². The molecule has 1 aromatic carbocycles. The number of aliphatic carboxylic acids is 1. The summed E-state index contributed by atoms with van der Waals surface area (Å²) in [5, 5.41) is 9.93. The van der Waals surface area contributed by atoms with E-state index in [0.29, 0.717) is 36.3 Å². The Kier molecular flexibility index (Phi) is 4.48. The molecular formula is C18H19NO6. The maximum absolute atomic E-state index is 12.5. The van der Waals surface area contributed by atoms with Gasteiger partial charge in [0.25, 0.3) is 0 Å². The maximum Gasteiger partial charge on any atom is 0.340 e. The molecule has 0 unspecified atom stereocenters. The number of benzene rings is 1. The topological polar surface area (TPSA) is 97.0 Å². The first kappa shape index (κ1) is 17.0.